The van der Waals surface area contributed by atoms with Gasteiger partial charge in [0, 0.05) is 0 Å². The predicted molar refractivity (Wildman–Crippen MR) is 75.9 cm³/mol. The van der Waals surface area contributed by atoms with Crippen LogP contribution in [0.15, 0.2) is 23.0 Å². The highest BCUT2D eigenvalue weighted by molar-refractivity contribution is 5.43. The van der Waals surface area contributed by atoms with Crippen molar-refractivity contribution in [2.24, 2.45) is 0 Å². The molecule has 0 spiro atoms. The lowest BCUT2D eigenvalue weighted by Crippen LogP contribution is -2.31. The third-order valence-electron chi connectivity index (χ3n) is 3.86. The molecule has 1 heterocycles. The number of ether oxygens (including phenoxy) is 2. The van der Waals surface area contributed by atoms with Crippen LogP contribution in [0.4, 0.5) is 8.78 Å². The number of hydrogen-bond acceptors (Lipinski definition) is 5. The maximum atomic E-state index is 12.3. The highest BCUT2D eigenvalue weighted by atomic mass is 19.3. The van der Waals surface area contributed by atoms with Crippen molar-refractivity contribution in [3.8, 4) is 11.5 Å². The SMILES string of the molecule is COc1cc(Cn2nnn(C3CCC3)c2=O)ccc1OC(F)F. The van der Waals surface area contributed by atoms with Crippen LogP contribution in [-0.2, 0) is 6.54 Å². The Morgan fingerprint density at radius 2 is 2.09 bits per heavy atom. The van der Waals surface area contributed by atoms with Gasteiger partial charge in [-0.15, -0.1) is 0 Å². The van der Waals surface area contributed by atoms with Crippen LogP contribution in [-0.4, -0.2) is 33.5 Å². The molecule has 1 fully saturated rings. The number of benzene rings is 1. The van der Waals surface area contributed by atoms with Gasteiger partial charge in [-0.1, -0.05) is 6.07 Å². The first kappa shape index (κ1) is 15.4. The van der Waals surface area contributed by atoms with Gasteiger partial charge in [-0.05, 0) is 47.4 Å². The molecule has 1 aliphatic rings. The number of rotatable bonds is 6. The summed E-state index contributed by atoms with van der Waals surface area (Å²) >= 11 is 0. The summed E-state index contributed by atoms with van der Waals surface area (Å²) in [5, 5.41) is 7.76. The van der Waals surface area contributed by atoms with Crippen LogP contribution in [0.3, 0.4) is 0 Å². The topological polar surface area (TPSA) is 71.2 Å². The average molecular weight is 326 g/mol. The summed E-state index contributed by atoms with van der Waals surface area (Å²) in [7, 11) is 1.36. The highest BCUT2D eigenvalue weighted by Gasteiger charge is 2.24. The van der Waals surface area contributed by atoms with E-state index in [0.29, 0.717) is 5.56 Å². The molecule has 23 heavy (non-hydrogen) atoms. The van der Waals surface area contributed by atoms with Gasteiger partial charge in [0.1, 0.15) is 0 Å². The first-order valence-electron chi connectivity index (χ1n) is 7.22. The zero-order valence-electron chi connectivity index (χ0n) is 12.5. The molecule has 0 unspecified atom stereocenters. The molecule has 1 aromatic carbocycles. The molecule has 0 saturated heterocycles. The molecule has 124 valence electrons. The summed E-state index contributed by atoms with van der Waals surface area (Å²) in [6, 6.07) is 4.62. The fourth-order valence-corrected chi connectivity index (χ4v) is 2.42. The summed E-state index contributed by atoms with van der Waals surface area (Å²) in [4.78, 5) is 12.2. The van der Waals surface area contributed by atoms with Gasteiger partial charge in [0.25, 0.3) is 0 Å². The van der Waals surface area contributed by atoms with Crippen molar-refractivity contribution in [2.75, 3.05) is 7.11 Å². The number of methoxy groups -OCH3 is 1. The Morgan fingerprint density at radius 3 is 2.70 bits per heavy atom. The quantitative estimate of drug-likeness (QED) is 0.810. The van der Waals surface area contributed by atoms with Crippen molar-refractivity contribution in [3.05, 3.63) is 34.2 Å². The highest BCUT2D eigenvalue weighted by Crippen LogP contribution is 2.30. The van der Waals surface area contributed by atoms with Crippen LogP contribution < -0.4 is 15.2 Å². The lowest BCUT2D eigenvalue weighted by atomic mass is 9.93. The Bertz CT molecular complexity index is 740. The molecule has 2 aromatic rings. The van der Waals surface area contributed by atoms with E-state index in [1.807, 2.05) is 0 Å². The van der Waals surface area contributed by atoms with E-state index in [9.17, 15) is 13.6 Å². The molecule has 0 radical (unpaired) electrons. The van der Waals surface area contributed by atoms with Gasteiger partial charge < -0.3 is 9.47 Å². The normalized spacial score (nSPS) is 14.8. The summed E-state index contributed by atoms with van der Waals surface area (Å²) in [6.07, 6.45) is 2.96. The summed E-state index contributed by atoms with van der Waals surface area (Å²) in [5.41, 5.74) is 0.396. The minimum Gasteiger partial charge on any atom is -0.493 e. The second-order valence-corrected chi connectivity index (χ2v) is 5.31. The molecular weight excluding hydrogens is 310 g/mol. The number of nitrogens with zero attached hydrogens (tertiary/aromatic N) is 4. The van der Waals surface area contributed by atoms with E-state index >= 15 is 0 Å². The molecular formula is C14H16F2N4O3. The third-order valence-corrected chi connectivity index (χ3v) is 3.86. The second-order valence-electron chi connectivity index (χ2n) is 5.31. The van der Waals surface area contributed by atoms with Crippen LogP contribution >= 0.6 is 0 Å². The van der Waals surface area contributed by atoms with Crippen molar-refractivity contribution >= 4 is 0 Å². The average Bonchev–Trinajstić information content (AvgIpc) is 2.80. The number of aromatic nitrogens is 4. The van der Waals surface area contributed by atoms with Gasteiger partial charge in [-0.25, -0.2) is 4.79 Å². The Kier molecular flexibility index (Phi) is 4.26. The smallest absolute Gasteiger partial charge is 0.387 e. The van der Waals surface area contributed by atoms with Crippen molar-refractivity contribution in [2.45, 2.75) is 38.5 Å². The van der Waals surface area contributed by atoms with Crippen LogP contribution in [0.5, 0.6) is 11.5 Å². The first-order chi connectivity index (χ1) is 11.1. The maximum absolute atomic E-state index is 12.3. The Hall–Kier alpha value is -2.45. The van der Waals surface area contributed by atoms with E-state index in [1.165, 1.54) is 28.6 Å². The van der Waals surface area contributed by atoms with Crippen molar-refractivity contribution in [1.29, 1.82) is 0 Å². The molecule has 0 bridgehead atoms. The second kappa shape index (κ2) is 6.35. The minimum atomic E-state index is -2.93. The zero-order valence-corrected chi connectivity index (χ0v) is 12.5. The Labute approximate surface area is 130 Å². The molecule has 7 nitrogen and oxygen atoms in total. The molecule has 0 atom stereocenters. The van der Waals surface area contributed by atoms with Gasteiger partial charge >= 0.3 is 12.3 Å². The lowest BCUT2D eigenvalue weighted by Gasteiger charge is -2.23. The lowest BCUT2D eigenvalue weighted by molar-refractivity contribution is -0.0512. The molecule has 0 amide bonds. The predicted octanol–water partition coefficient (Wildman–Crippen LogP) is 1.82. The van der Waals surface area contributed by atoms with E-state index in [1.54, 1.807) is 6.07 Å². The first-order valence-corrected chi connectivity index (χ1v) is 7.22. The zero-order chi connectivity index (χ0) is 16.4. The number of alkyl halides is 2. The largest absolute Gasteiger partial charge is 0.493 e. The van der Waals surface area contributed by atoms with Crippen molar-refractivity contribution in [1.82, 2.24) is 19.8 Å². The van der Waals surface area contributed by atoms with Gasteiger partial charge in [0.15, 0.2) is 11.5 Å². The number of tetrazole rings is 1. The molecule has 1 aromatic heterocycles. The Balaban J connectivity index is 1.80. The van der Waals surface area contributed by atoms with Crippen LogP contribution in [0, 0.1) is 0 Å². The fourth-order valence-electron chi connectivity index (χ4n) is 2.42. The maximum Gasteiger partial charge on any atom is 0.387 e. The summed E-state index contributed by atoms with van der Waals surface area (Å²) in [5.74, 6) is 0.110. The monoisotopic (exact) mass is 326 g/mol. The van der Waals surface area contributed by atoms with Gasteiger partial charge in [-0.2, -0.15) is 18.1 Å². The molecule has 0 aliphatic heterocycles. The summed E-state index contributed by atoms with van der Waals surface area (Å²) in [6.45, 7) is -2.75. The molecule has 3 rings (SSSR count). The number of hydrogen-bond donors (Lipinski definition) is 0. The minimum absolute atomic E-state index is 0.0586. The van der Waals surface area contributed by atoms with Crippen LogP contribution in [0.2, 0.25) is 0 Å². The van der Waals surface area contributed by atoms with Crippen molar-refractivity contribution < 1.29 is 18.3 Å². The van der Waals surface area contributed by atoms with E-state index < -0.39 is 6.61 Å². The fraction of sp³-hybridized carbons (Fsp3) is 0.500. The van der Waals surface area contributed by atoms with E-state index in [4.69, 9.17) is 4.74 Å². The van der Waals surface area contributed by atoms with E-state index in [0.717, 1.165) is 19.3 Å². The Morgan fingerprint density at radius 1 is 1.30 bits per heavy atom. The standard InChI is InChI=1S/C14H16F2N4O3/c1-22-12-7-9(5-6-11(12)23-13(15)16)8-19-14(21)20(18-17-19)10-3-2-4-10/h5-7,10,13H,2-4,8H2,1H3. The van der Waals surface area contributed by atoms with E-state index in [2.05, 4.69) is 15.2 Å². The van der Waals surface area contributed by atoms with Crippen LogP contribution in [0.1, 0.15) is 30.9 Å². The van der Waals surface area contributed by atoms with Crippen molar-refractivity contribution in [3.63, 3.8) is 0 Å². The molecule has 9 heteroatoms. The third kappa shape index (κ3) is 3.17. The van der Waals surface area contributed by atoms with E-state index in [-0.39, 0.29) is 29.8 Å². The summed E-state index contributed by atoms with van der Waals surface area (Å²) < 4.78 is 36.7. The molecule has 1 saturated carbocycles. The molecule has 0 N–H and O–H groups in total. The number of halogens is 2. The van der Waals surface area contributed by atoms with Gasteiger partial charge in [-0.3, -0.25) is 0 Å². The van der Waals surface area contributed by atoms with Gasteiger partial charge in [0.05, 0.1) is 19.7 Å². The molecule has 1 aliphatic carbocycles. The van der Waals surface area contributed by atoms with Crippen LogP contribution in [0.25, 0.3) is 0 Å². The van der Waals surface area contributed by atoms with Gasteiger partial charge in [0.2, 0.25) is 0 Å².